The van der Waals surface area contributed by atoms with Gasteiger partial charge in [0.2, 0.25) is 5.82 Å². The van der Waals surface area contributed by atoms with Crippen LogP contribution in [0.2, 0.25) is 5.02 Å². The molecule has 5 nitrogen and oxygen atoms in total. The lowest BCUT2D eigenvalue weighted by Crippen LogP contribution is -1.94. The number of benzene rings is 2. The van der Waals surface area contributed by atoms with Crippen molar-refractivity contribution in [2.24, 2.45) is 0 Å². The van der Waals surface area contributed by atoms with E-state index in [-0.39, 0.29) is 0 Å². The molecule has 23 heavy (non-hydrogen) atoms. The van der Waals surface area contributed by atoms with Crippen LogP contribution in [0.15, 0.2) is 47.0 Å². The number of rotatable bonds is 5. The van der Waals surface area contributed by atoms with Gasteiger partial charge in [-0.15, -0.1) is 0 Å². The standard InChI is InChI=1S/C17H15ClN2O3/c1-3-22-15-7-5-4-6-12(15)17-19-16(20-23-17)13-10-11(18)8-9-14(13)21-2/h4-10H,3H2,1-2H3. The molecular weight excluding hydrogens is 316 g/mol. The molecule has 1 aromatic heterocycles. The lowest BCUT2D eigenvalue weighted by molar-refractivity contribution is 0.339. The third kappa shape index (κ3) is 3.14. The van der Waals surface area contributed by atoms with Gasteiger partial charge >= 0.3 is 0 Å². The van der Waals surface area contributed by atoms with Crippen molar-refractivity contribution in [1.29, 1.82) is 0 Å². The molecule has 0 atom stereocenters. The predicted molar refractivity (Wildman–Crippen MR) is 87.9 cm³/mol. The summed E-state index contributed by atoms with van der Waals surface area (Å²) in [5, 5.41) is 4.60. The first-order chi connectivity index (χ1) is 11.2. The summed E-state index contributed by atoms with van der Waals surface area (Å²) in [6.07, 6.45) is 0. The lowest BCUT2D eigenvalue weighted by Gasteiger charge is -2.06. The van der Waals surface area contributed by atoms with Gasteiger partial charge in [0, 0.05) is 5.02 Å². The van der Waals surface area contributed by atoms with Gasteiger partial charge in [-0.25, -0.2) is 0 Å². The first kappa shape index (κ1) is 15.4. The van der Waals surface area contributed by atoms with Gasteiger partial charge < -0.3 is 14.0 Å². The number of ether oxygens (including phenoxy) is 2. The molecule has 0 spiro atoms. The first-order valence-corrected chi connectivity index (χ1v) is 7.50. The van der Waals surface area contributed by atoms with E-state index in [1.807, 2.05) is 31.2 Å². The van der Waals surface area contributed by atoms with E-state index in [0.29, 0.717) is 40.4 Å². The summed E-state index contributed by atoms with van der Waals surface area (Å²) in [7, 11) is 1.58. The topological polar surface area (TPSA) is 57.4 Å². The Morgan fingerprint density at radius 1 is 1.09 bits per heavy atom. The first-order valence-electron chi connectivity index (χ1n) is 7.12. The van der Waals surface area contributed by atoms with E-state index in [9.17, 15) is 0 Å². The minimum Gasteiger partial charge on any atom is -0.496 e. The summed E-state index contributed by atoms with van der Waals surface area (Å²) in [5.41, 5.74) is 1.41. The van der Waals surface area contributed by atoms with Crippen molar-refractivity contribution in [2.45, 2.75) is 6.92 Å². The zero-order chi connectivity index (χ0) is 16.2. The van der Waals surface area contributed by atoms with Gasteiger partial charge in [0.25, 0.3) is 5.89 Å². The van der Waals surface area contributed by atoms with Crippen LogP contribution in [0.4, 0.5) is 0 Å². The summed E-state index contributed by atoms with van der Waals surface area (Å²) < 4.78 is 16.3. The van der Waals surface area contributed by atoms with Gasteiger partial charge in [0.15, 0.2) is 0 Å². The quantitative estimate of drug-likeness (QED) is 0.691. The zero-order valence-corrected chi connectivity index (χ0v) is 13.5. The van der Waals surface area contributed by atoms with Gasteiger partial charge in [0.1, 0.15) is 11.5 Å². The molecule has 6 heteroatoms. The van der Waals surface area contributed by atoms with Crippen LogP contribution in [0.5, 0.6) is 11.5 Å². The van der Waals surface area contributed by atoms with Gasteiger partial charge in [-0.05, 0) is 37.3 Å². The smallest absolute Gasteiger partial charge is 0.262 e. The Kier molecular flexibility index (Phi) is 4.48. The second-order valence-electron chi connectivity index (χ2n) is 4.70. The van der Waals surface area contributed by atoms with Crippen LogP contribution in [0.1, 0.15) is 6.92 Å². The van der Waals surface area contributed by atoms with E-state index in [1.165, 1.54) is 0 Å². The van der Waals surface area contributed by atoms with Gasteiger partial charge in [-0.3, -0.25) is 0 Å². The highest BCUT2D eigenvalue weighted by molar-refractivity contribution is 6.30. The molecule has 1 heterocycles. The highest BCUT2D eigenvalue weighted by Crippen LogP contribution is 2.34. The molecule has 0 radical (unpaired) electrons. The summed E-state index contributed by atoms with van der Waals surface area (Å²) in [4.78, 5) is 4.45. The maximum Gasteiger partial charge on any atom is 0.262 e. The molecule has 0 aliphatic carbocycles. The third-order valence-electron chi connectivity index (χ3n) is 3.25. The predicted octanol–water partition coefficient (Wildman–Crippen LogP) is 4.46. The number of hydrogen-bond acceptors (Lipinski definition) is 5. The van der Waals surface area contributed by atoms with Crippen molar-refractivity contribution >= 4 is 11.6 Å². The van der Waals surface area contributed by atoms with Crippen molar-refractivity contribution in [3.05, 3.63) is 47.5 Å². The van der Waals surface area contributed by atoms with Crippen molar-refractivity contribution in [3.63, 3.8) is 0 Å². The van der Waals surface area contributed by atoms with E-state index in [4.69, 9.17) is 25.6 Å². The number of para-hydroxylation sites is 1. The van der Waals surface area contributed by atoms with E-state index in [0.717, 1.165) is 5.56 Å². The minimum absolute atomic E-state index is 0.381. The van der Waals surface area contributed by atoms with Crippen molar-refractivity contribution in [3.8, 4) is 34.3 Å². The Hall–Kier alpha value is -2.53. The highest BCUT2D eigenvalue weighted by Gasteiger charge is 2.17. The van der Waals surface area contributed by atoms with E-state index in [1.54, 1.807) is 25.3 Å². The van der Waals surface area contributed by atoms with Gasteiger partial charge in [0.05, 0.1) is 24.8 Å². The molecule has 0 unspecified atom stereocenters. The summed E-state index contributed by atoms with van der Waals surface area (Å²) in [5.74, 6) is 2.11. The molecular formula is C17H15ClN2O3. The maximum absolute atomic E-state index is 6.05. The monoisotopic (exact) mass is 330 g/mol. The Labute approximate surface area is 138 Å². The van der Waals surface area contributed by atoms with Crippen LogP contribution in [0.25, 0.3) is 22.8 Å². The second-order valence-corrected chi connectivity index (χ2v) is 5.13. The van der Waals surface area contributed by atoms with Crippen LogP contribution in [0, 0.1) is 0 Å². The number of aromatic nitrogens is 2. The molecule has 118 valence electrons. The normalized spacial score (nSPS) is 10.6. The van der Waals surface area contributed by atoms with Crippen LogP contribution >= 0.6 is 11.6 Å². The average molecular weight is 331 g/mol. The molecule has 3 rings (SSSR count). The zero-order valence-electron chi connectivity index (χ0n) is 12.7. The van der Waals surface area contributed by atoms with Crippen molar-refractivity contribution in [1.82, 2.24) is 10.1 Å². The largest absolute Gasteiger partial charge is 0.496 e. The van der Waals surface area contributed by atoms with Crippen molar-refractivity contribution < 1.29 is 14.0 Å². The molecule has 0 bridgehead atoms. The molecule has 0 aliphatic rings. The van der Waals surface area contributed by atoms with Crippen LogP contribution < -0.4 is 9.47 Å². The number of nitrogens with zero attached hydrogens (tertiary/aromatic N) is 2. The Bertz CT molecular complexity index is 817. The Morgan fingerprint density at radius 2 is 1.91 bits per heavy atom. The minimum atomic E-state index is 0.381. The lowest BCUT2D eigenvalue weighted by atomic mass is 10.2. The van der Waals surface area contributed by atoms with Crippen molar-refractivity contribution in [2.75, 3.05) is 13.7 Å². The highest BCUT2D eigenvalue weighted by atomic mass is 35.5. The molecule has 3 aromatic rings. The third-order valence-corrected chi connectivity index (χ3v) is 3.48. The molecule has 0 amide bonds. The summed E-state index contributed by atoms with van der Waals surface area (Å²) in [6.45, 7) is 2.48. The molecule has 0 saturated carbocycles. The van der Waals surface area contributed by atoms with E-state index in [2.05, 4.69) is 10.1 Å². The van der Waals surface area contributed by atoms with Crippen LogP contribution in [0.3, 0.4) is 0 Å². The molecule has 0 saturated heterocycles. The number of methoxy groups -OCH3 is 1. The maximum atomic E-state index is 6.05. The van der Waals surface area contributed by atoms with Gasteiger partial charge in [-0.2, -0.15) is 4.98 Å². The molecule has 0 N–H and O–H groups in total. The molecule has 0 aliphatic heterocycles. The second kappa shape index (κ2) is 6.71. The fourth-order valence-corrected chi connectivity index (χ4v) is 2.39. The number of halogens is 1. The molecule has 2 aromatic carbocycles. The summed E-state index contributed by atoms with van der Waals surface area (Å²) >= 11 is 6.05. The summed E-state index contributed by atoms with van der Waals surface area (Å²) in [6, 6.07) is 12.8. The molecule has 0 fully saturated rings. The Balaban J connectivity index is 2.03. The SMILES string of the molecule is CCOc1ccccc1-c1nc(-c2cc(Cl)ccc2OC)no1. The van der Waals surface area contributed by atoms with E-state index >= 15 is 0 Å². The van der Waals surface area contributed by atoms with E-state index < -0.39 is 0 Å². The van der Waals surface area contributed by atoms with Crippen LogP contribution in [-0.2, 0) is 0 Å². The van der Waals surface area contributed by atoms with Crippen LogP contribution in [-0.4, -0.2) is 23.9 Å². The van der Waals surface area contributed by atoms with Gasteiger partial charge in [-0.1, -0.05) is 28.9 Å². The Morgan fingerprint density at radius 3 is 2.70 bits per heavy atom. The average Bonchev–Trinajstić information content (AvgIpc) is 3.05. The fourth-order valence-electron chi connectivity index (χ4n) is 2.22. The fraction of sp³-hybridized carbons (Fsp3) is 0.176. The number of hydrogen-bond donors (Lipinski definition) is 0.